The Morgan fingerprint density at radius 2 is 1.89 bits per heavy atom. The number of aromatic nitrogens is 1. The number of nitrogen functional groups attached to an aromatic ring is 1. The Morgan fingerprint density at radius 3 is 2.53 bits per heavy atom. The molecule has 3 N–H and O–H groups in total. The van der Waals surface area contributed by atoms with Crippen molar-refractivity contribution < 1.29 is 8.42 Å². The van der Waals surface area contributed by atoms with Crippen molar-refractivity contribution in [2.24, 2.45) is 0 Å². The summed E-state index contributed by atoms with van der Waals surface area (Å²) >= 11 is 0. The van der Waals surface area contributed by atoms with Crippen LogP contribution in [0.1, 0.15) is 11.1 Å². The topological polar surface area (TPSA) is 85.1 Å². The minimum Gasteiger partial charge on any atom is -0.399 e. The van der Waals surface area contributed by atoms with Crippen LogP contribution in [0.15, 0.2) is 47.6 Å². The molecule has 0 unspecified atom stereocenters. The molecule has 2 rings (SSSR count). The van der Waals surface area contributed by atoms with Crippen LogP contribution in [0.5, 0.6) is 0 Å². The van der Waals surface area contributed by atoms with Gasteiger partial charge in [0.15, 0.2) is 0 Å². The zero-order valence-corrected chi connectivity index (χ0v) is 11.3. The van der Waals surface area contributed by atoms with Gasteiger partial charge in [-0.2, -0.15) is 0 Å². The predicted molar refractivity (Wildman–Crippen MR) is 73.9 cm³/mol. The number of pyridine rings is 1. The zero-order valence-electron chi connectivity index (χ0n) is 10.5. The molecule has 0 fully saturated rings. The monoisotopic (exact) mass is 277 g/mol. The second-order valence-electron chi connectivity index (χ2n) is 4.20. The van der Waals surface area contributed by atoms with E-state index in [0.717, 1.165) is 11.1 Å². The molecule has 0 spiro atoms. The largest absolute Gasteiger partial charge is 0.399 e. The van der Waals surface area contributed by atoms with Crippen LogP contribution in [-0.4, -0.2) is 13.4 Å². The lowest BCUT2D eigenvalue weighted by atomic mass is 10.2. The van der Waals surface area contributed by atoms with Gasteiger partial charge in [-0.1, -0.05) is 0 Å². The van der Waals surface area contributed by atoms with Crippen molar-refractivity contribution >= 4 is 15.7 Å². The maximum Gasteiger partial charge on any atom is 0.240 e. The fraction of sp³-hybridized carbons (Fsp3) is 0.154. The van der Waals surface area contributed by atoms with Crippen molar-refractivity contribution in [1.29, 1.82) is 0 Å². The normalized spacial score (nSPS) is 11.4. The molecule has 0 bridgehead atoms. The molecule has 0 amide bonds. The van der Waals surface area contributed by atoms with Crippen molar-refractivity contribution in [3.63, 3.8) is 0 Å². The summed E-state index contributed by atoms with van der Waals surface area (Å²) < 4.78 is 26.7. The molecule has 0 saturated carbocycles. The van der Waals surface area contributed by atoms with E-state index < -0.39 is 10.0 Å². The van der Waals surface area contributed by atoms with Gasteiger partial charge in [-0.05, 0) is 48.4 Å². The number of hydrogen-bond acceptors (Lipinski definition) is 4. The average Bonchev–Trinajstić information content (AvgIpc) is 2.41. The summed E-state index contributed by atoms with van der Waals surface area (Å²) in [6.45, 7) is 2.01. The van der Waals surface area contributed by atoms with Crippen molar-refractivity contribution in [3.05, 3.63) is 53.9 Å². The van der Waals surface area contributed by atoms with Crippen LogP contribution in [-0.2, 0) is 16.6 Å². The van der Waals surface area contributed by atoms with E-state index in [0.29, 0.717) is 5.69 Å². The summed E-state index contributed by atoms with van der Waals surface area (Å²) in [6.07, 6.45) is 3.24. The lowest BCUT2D eigenvalue weighted by molar-refractivity contribution is 0.581. The highest BCUT2D eigenvalue weighted by atomic mass is 32.2. The summed E-state index contributed by atoms with van der Waals surface area (Å²) in [6, 6.07) is 8.17. The van der Waals surface area contributed by atoms with E-state index in [9.17, 15) is 8.42 Å². The first-order valence-corrected chi connectivity index (χ1v) is 7.22. The standard InChI is InChI=1S/C13H15N3O2S/c1-10-8-12(2-3-13(10)14)19(17,18)16-9-11-4-6-15-7-5-11/h2-8,16H,9,14H2,1H3. The number of hydrogen-bond donors (Lipinski definition) is 2. The lowest BCUT2D eigenvalue weighted by Gasteiger charge is -2.08. The van der Waals surface area contributed by atoms with Crippen LogP contribution in [0.25, 0.3) is 0 Å². The number of sulfonamides is 1. The summed E-state index contributed by atoms with van der Waals surface area (Å²) in [7, 11) is -3.52. The third-order valence-electron chi connectivity index (χ3n) is 2.77. The Hall–Kier alpha value is -1.92. The first kappa shape index (κ1) is 13.5. The molecular formula is C13H15N3O2S. The highest BCUT2D eigenvalue weighted by Gasteiger charge is 2.14. The minimum atomic E-state index is -3.52. The van der Waals surface area contributed by atoms with Crippen molar-refractivity contribution in [3.8, 4) is 0 Å². The maximum atomic E-state index is 12.1. The van der Waals surface area contributed by atoms with E-state index in [1.165, 1.54) is 6.07 Å². The Morgan fingerprint density at radius 1 is 1.21 bits per heavy atom. The molecule has 100 valence electrons. The van der Waals surface area contributed by atoms with Gasteiger partial charge in [0.25, 0.3) is 0 Å². The molecule has 0 radical (unpaired) electrons. The summed E-state index contributed by atoms with van der Waals surface area (Å²) in [5.41, 5.74) is 7.85. The van der Waals surface area contributed by atoms with Crippen LogP contribution >= 0.6 is 0 Å². The SMILES string of the molecule is Cc1cc(S(=O)(=O)NCc2ccncc2)ccc1N. The smallest absolute Gasteiger partial charge is 0.240 e. The number of aryl methyl sites for hydroxylation is 1. The molecule has 0 aliphatic rings. The Kier molecular flexibility index (Phi) is 3.82. The Balaban J connectivity index is 2.16. The number of anilines is 1. The van der Waals surface area contributed by atoms with E-state index in [1.54, 1.807) is 43.6 Å². The molecule has 1 heterocycles. The van der Waals surface area contributed by atoms with Crippen LogP contribution in [0.4, 0.5) is 5.69 Å². The van der Waals surface area contributed by atoms with Gasteiger partial charge in [0.1, 0.15) is 0 Å². The van der Waals surface area contributed by atoms with Gasteiger partial charge in [0, 0.05) is 24.6 Å². The molecule has 0 aliphatic heterocycles. The zero-order chi connectivity index (χ0) is 13.9. The number of nitrogens with two attached hydrogens (primary N) is 1. The summed E-state index contributed by atoms with van der Waals surface area (Å²) in [5, 5.41) is 0. The second kappa shape index (κ2) is 5.38. The third kappa shape index (κ3) is 3.30. The van der Waals surface area contributed by atoms with Gasteiger partial charge in [0.05, 0.1) is 4.90 Å². The molecule has 1 aromatic heterocycles. The molecule has 6 heteroatoms. The van der Waals surface area contributed by atoms with Crippen LogP contribution < -0.4 is 10.5 Å². The summed E-state index contributed by atoms with van der Waals surface area (Å²) in [5.74, 6) is 0. The molecule has 0 saturated heterocycles. The van der Waals surface area contributed by atoms with E-state index >= 15 is 0 Å². The number of rotatable bonds is 4. The van der Waals surface area contributed by atoms with Gasteiger partial charge in [-0.25, -0.2) is 13.1 Å². The average molecular weight is 277 g/mol. The van der Waals surface area contributed by atoms with E-state index in [2.05, 4.69) is 9.71 Å². The highest BCUT2D eigenvalue weighted by Crippen LogP contribution is 2.16. The molecule has 5 nitrogen and oxygen atoms in total. The van der Waals surface area contributed by atoms with E-state index in [4.69, 9.17) is 5.73 Å². The van der Waals surface area contributed by atoms with Gasteiger partial charge in [-0.3, -0.25) is 4.98 Å². The van der Waals surface area contributed by atoms with Gasteiger partial charge >= 0.3 is 0 Å². The molecule has 0 aliphatic carbocycles. The first-order valence-electron chi connectivity index (χ1n) is 5.74. The minimum absolute atomic E-state index is 0.216. The fourth-order valence-electron chi connectivity index (χ4n) is 1.58. The molecule has 1 aromatic carbocycles. The van der Waals surface area contributed by atoms with Crippen LogP contribution in [0.2, 0.25) is 0 Å². The quantitative estimate of drug-likeness (QED) is 0.828. The maximum absolute atomic E-state index is 12.1. The number of nitrogens with zero attached hydrogens (tertiary/aromatic N) is 1. The number of benzene rings is 1. The third-order valence-corrected chi connectivity index (χ3v) is 4.17. The van der Waals surface area contributed by atoms with E-state index in [-0.39, 0.29) is 11.4 Å². The highest BCUT2D eigenvalue weighted by molar-refractivity contribution is 7.89. The molecular weight excluding hydrogens is 262 g/mol. The Bertz CT molecular complexity index is 670. The second-order valence-corrected chi connectivity index (χ2v) is 5.97. The molecule has 19 heavy (non-hydrogen) atoms. The molecule has 0 atom stereocenters. The summed E-state index contributed by atoms with van der Waals surface area (Å²) in [4.78, 5) is 4.09. The molecule has 2 aromatic rings. The number of nitrogens with one attached hydrogen (secondary N) is 1. The van der Waals surface area contributed by atoms with Crippen molar-refractivity contribution in [1.82, 2.24) is 9.71 Å². The van der Waals surface area contributed by atoms with Crippen molar-refractivity contribution in [2.45, 2.75) is 18.4 Å². The van der Waals surface area contributed by atoms with Gasteiger partial charge in [0.2, 0.25) is 10.0 Å². The fourth-order valence-corrected chi connectivity index (χ4v) is 2.68. The van der Waals surface area contributed by atoms with E-state index in [1.807, 2.05) is 0 Å². The Labute approximate surface area is 112 Å². The van der Waals surface area contributed by atoms with Gasteiger partial charge in [-0.15, -0.1) is 0 Å². The van der Waals surface area contributed by atoms with Crippen LogP contribution in [0, 0.1) is 6.92 Å². The van der Waals surface area contributed by atoms with Crippen molar-refractivity contribution in [2.75, 3.05) is 5.73 Å². The predicted octanol–water partition coefficient (Wildman–Crippen LogP) is 1.45. The van der Waals surface area contributed by atoms with Gasteiger partial charge < -0.3 is 5.73 Å². The lowest BCUT2D eigenvalue weighted by Crippen LogP contribution is -2.23. The van der Waals surface area contributed by atoms with Crippen LogP contribution in [0.3, 0.4) is 0 Å². The first-order chi connectivity index (χ1) is 8.99.